The van der Waals surface area contributed by atoms with Crippen molar-refractivity contribution in [3.63, 3.8) is 0 Å². The molecule has 2 aliphatic heterocycles. The van der Waals surface area contributed by atoms with Gasteiger partial charge in [0.05, 0.1) is 23.0 Å². The molecule has 0 aromatic carbocycles. The molecule has 1 atom stereocenters. The Bertz CT molecular complexity index is 566. The predicted octanol–water partition coefficient (Wildman–Crippen LogP) is 4.15. The summed E-state index contributed by atoms with van der Waals surface area (Å²) in [4.78, 5) is 0.315. The fraction of sp³-hybridized carbons (Fsp3) is 1.00. The third-order valence-corrected chi connectivity index (χ3v) is 9.95. The van der Waals surface area contributed by atoms with Crippen molar-refractivity contribution in [1.29, 1.82) is 0 Å². The van der Waals surface area contributed by atoms with Gasteiger partial charge in [-0.1, -0.05) is 46.0 Å². The molecular formula is C23H44N4O2S. The van der Waals surface area contributed by atoms with E-state index in [1.165, 1.54) is 70.6 Å². The molecule has 0 bridgehead atoms. The predicted molar refractivity (Wildman–Crippen MR) is 123 cm³/mol. The summed E-state index contributed by atoms with van der Waals surface area (Å²) in [6, 6.07) is 0. The summed E-state index contributed by atoms with van der Waals surface area (Å²) in [5.74, 6) is 9.64. The van der Waals surface area contributed by atoms with Gasteiger partial charge in [-0.3, -0.25) is 11.7 Å². The standard InChI is InChI=1S/C23H40N2O2S.H4N2/c1-20(2)16-26-23(27-17-20)12-6-11-22(15-23)25-24-21(28-22)13-9-19(10-14-21)18-7-4-3-5-8-18;1-2/h18-19,24-25H,3-17H2,1-2H3;1-2H2. The van der Waals surface area contributed by atoms with Crippen LogP contribution in [0.5, 0.6) is 0 Å². The molecule has 0 amide bonds. The summed E-state index contributed by atoms with van der Waals surface area (Å²) < 4.78 is 12.8. The Balaban J connectivity index is 0.00000106. The van der Waals surface area contributed by atoms with Gasteiger partial charge < -0.3 is 9.47 Å². The minimum Gasteiger partial charge on any atom is -0.349 e. The van der Waals surface area contributed by atoms with E-state index in [1.807, 2.05) is 0 Å². The van der Waals surface area contributed by atoms with Crippen LogP contribution >= 0.6 is 11.8 Å². The van der Waals surface area contributed by atoms with Crippen LogP contribution in [0.3, 0.4) is 0 Å². The van der Waals surface area contributed by atoms with Crippen molar-refractivity contribution in [2.75, 3.05) is 13.2 Å². The summed E-state index contributed by atoms with van der Waals surface area (Å²) in [7, 11) is 0. The van der Waals surface area contributed by atoms with Crippen molar-refractivity contribution >= 4 is 11.8 Å². The lowest BCUT2D eigenvalue weighted by atomic mass is 9.72. The molecule has 6 nitrogen and oxygen atoms in total. The Morgan fingerprint density at radius 2 is 1.33 bits per heavy atom. The monoisotopic (exact) mass is 440 g/mol. The maximum Gasteiger partial charge on any atom is 0.170 e. The highest BCUT2D eigenvalue weighted by Gasteiger charge is 2.57. The van der Waals surface area contributed by atoms with Crippen molar-refractivity contribution in [1.82, 2.24) is 10.9 Å². The van der Waals surface area contributed by atoms with E-state index >= 15 is 0 Å². The molecule has 3 aliphatic carbocycles. The van der Waals surface area contributed by atoms with Crippen molar-refractivity contribution < 1.29 is 9.47 Å². The van der Waals surface area contributed by atoms with Gasteiger partial charge in [0.2, 0.25) is 0 Å². The molecule has 0 aromatic rings. The third-order valence-electron chi connectivity index (χ3n) is 8.21. The number of ether oxygens (including phenoxy) is 2. The highest BCUT2D eigenvalue weighted by molar-refractivity contribution is 8.02. The Morgan fingerprint density at radius 3 is 2.00 bits per heavy atom. The van der Waals surface area contributed by atoms with E-state index in [4.69, 9.17) is 9.47 Å². The van der Waals surface area contributed by atoms with Crippen molar-refractivity contribution in [3.8, 4) is 0 Å². The first-order valence-corrected chi connectivity index (χ1v) is 13.1. The molecule has 6 N–H and O–H groups in total. The molecule has 0 aromatic heterocycles. The zero-order valence-corrected chi connectivity index (χ0v) is 20.0. The molecule has 174 valence electrons. The summed E-state index contributed by atoms with van der Waals surface area (Å²) in [6.07, 6.45) is 17.3. The smallest absolute Gasteiger partial charge is 0.170 e. The first-order valence-electron chi connectivity index (χ1n) is 12.3. The lowest BCUT2D eigenvalue weighted by molar-refractivity contribution is -0.313. The molecule has 5 aliphatic rings. The second kappa shape index (κ2) is 9.16. The zero-order valence-electron chi connectivity index (χ0n) is 19.1. The Morgan fingerprint density at radius 1 is 0.733 bits per heavy atom. The molecule has 1 unspecified atom stereocenters. The summed E-state index contributed by atoms with van der Waals surface area (Å²) in [6.45, 7) is 6.11. The van der Waals surface area contributed by atoms with Gasteiger partial charge >= 0.3 is 0 Å². The van der Waals surface area contributed by atoms with Crippen LogP contribution in [0.25, 0.3) is 0 Å². The van der Waals surface area contributed by atoms with Crippen LogP contribution in [0.2, 0.25) is 0 Å². The van der Waals surface area contributed by atoms with E-state index in [0.717, 1.165) is 37.9 Å². The second-order valence-electron chi connectivity index (χ2n) is 11.3. The fourth-order valence-electron chi connectivity index (χ4n) is 6.50. The Kier molecular flexibility index (Phi) is 7.11. The maximum atomic E-state index is 6.38. The first-order chi connectivity index (χ1) is 14.4. The summed E-state index contributed by atoms with van der Waals surface area (Å²) in [5.41, 5.74) is 7.71. The fourth-order valence-corrected chi connectivity index (χ4v) is 8.43. The molecule has 3 spiro atoms. The van der Waals surface area contributed by atoms with E-state index < -0.39 is 0 Å². The van der Waals surface area contributed by atoms with Crippen LogP contribution in [0.4, 0.5) is 0 Å². The molecule has 2 saturated heterocycles. The maximum absolute atomic E-state index is 6.38. The topological polar surface area (TPSA) is 94.6 Å². The lowest BCUT2D eigenvalue weighted by Crippen LogP contribution is -2.57. The van der Waals surface area contributed by atoms with Gasteiger partial charge in [0.25, 0.3) is 0 Å². The van der Waals surface area contributed by atoms with Gasteiger partial charge in [0, 0.05) is 18.3 Å². The van der Waals surface area contributed by atoms with Crippen LogP contribution in [0.15, 0.2) is 0 Å². The number of nitrogens with two attached hydrogens (primary N) is 2. The number of hydrogen-bond acceptors (Lipinski definition) is 7. The molecule has 2 heterocycles. The Hall–Kier alpha value is 0.110. The quantitative estimate of drug-likeness (QED) is 0.359. The van der Waals surface area contributed by atoms with E-state index in [1.54, 1.807) is 0 Å². The van der Waals surface area contributed by atoms with E-state index in [9.17, 15) is 0 Å². The SMILES string of the molecule is CC1(C)COC2(CCCC3(C2)NNC2(CCC(C4CCCCC4)CC2)S3)OC1.NN. The highest BCUT2D eigenvalue weighted by atomic mass is 32.2. The summed E-state index contributed by atoms with van der Waals surface area (Å²) >= 11 is 2.19. The second-order valence-corrected chi connectivity index (χ2v) is 13.0. The van der Waals surface area contributed by atoms with Crippen molar-refractivity contribution in [2.45, 2.75) is 113 Å². The summed E-state index contributed by atoms with van der Waals surface area (Å²) in [5, 5.41) is 0. The molecule has 5 rings (SSSR count). The first kappa shape index (κ1) is 23.3. The number of hydrogen-bond donors (Lipinski definition) is 4. The van der Waals surface area contributed by atoms with Crippen LogP contribution in [-0.4, -0.2) is 28.7 Å². The molecule has 0 radical (unpaired) electrons. The molecule has 3 saturated carbocycles. The van der Waals surface area contributed by atoms with Gasteiger partial charge in [-0.15, -0.1) is 11.8 Å². The van der Waals surface area contributed by atoms with Crippen LogP contribution in [0, 0.1) is 17.3 Å². The lowest BCUT2D eigenvalue weighted by Gasteiger charge is -2.50. The van der Waals surface area contributed by atoms with Crippen LogP contribution < -0.4 is 22.5 Å². The van der Waals surface area contributed by atoms with Gasteiger partial charge in [0.15, 0.2) is 5.79 Å². The van der Waals surface area contributed by atoms with Gasteiger partial charge in [-0.05, 0) is 50.4 Å². The molecule has 7 heteroatoms. The Labute approximate surface area is 187 Å². The van der Waals surface area contributed by atoms with Crippen LogP contribution in [-0.2, 0) is 9.47 Å². The normalized spacial score (nSPS) is 36.0. The average molecular weight is 441 g/mol. The number of rotatable bonds is 1. The van der Waals surface area contributed by atoms with Crippen LogP contribution in [0.1, 0.15) is 97.3 Å². The minimum atomic E-state index is -0.361. The zero-order chi connectivity index (χ0) is 21.3. The minimum absolute atomic E-state index is 0.0808. The number of thioether (sulfide) groups is 1. The molecular weight excluding hydrogens is 396 g/mol. The van der Waals surface area contributed by atoms with Crippen molar-refractivity contribution in [2.24, 2.45) is 28.9 Å². The average Bonchev–Trinajstić information content (AvgIpc) is 3.10. The van der Waals surface area contributed by atoms with Gasteiger partial charge in [-0.25, -0.2) is 10.9 Å². The van der Waals surface area contributed by atoms with E-state index in [2.05, 4.69) is 48.1 Å². The van der Waals surface area contributed by atoms with E-state index in [0.29, 0.717) is 0 Å². The van der Waals surface area contributed by atoms with Crippen molar-refractivity contribution in [3.05, 3.63) is 0 Å². The highest BCUT2D eigenvalue weighted by Crippen LogP contribution is 2.56. The third kappa shape index (κ3) is 4.87. The molecule has 30 heavy (non-hydrogen) atoms. The largest absolute Gasteiger partial charge is 0.349 e. The number of hydrazine groups is 2. The number of nitrogens with one attached hydrogen (secondary N) is 2. The van der Waals surface area contributed by atoms with Gasteiger partial charge in [0.1, 0.15) is 0 Å². The molecule has 5 fully saturated rings. The van der Waals surface area contributed by atoms with Gasteiger partial charge in [-0.2, -0.15) is 0 Å². The van der Waals surface area contributed by atoms with E-state index in [-0.39, 0.29) is 20.9 Å².